The Hall–Kier alpha value is -1.58. The summed E-state index contributed by atoms with van der Waals surface area (Å²) in [4.78, 5) is 4.00. The van der Waals surface area contributed by atoms with Crippen LogP contribution in [-0.4, -0.2) is 12.0 Å². The van der Waals surface area contributed by atoms with Crippen molar-refractivity contribution in [2.75, 3.05) is 12.8 Å². The number of aromatic nitrogens is 1. The standard InChI is InChI=1S/C14H16ClN3/c1-17-13(11-2-4-12(15)5-3-11)8-10-6-7-18-14(16)9-10/h2-7,9,13,17H,8H2,1H3,(H2,16,18). The van der Waals surface area contributed by atoms with E-state index in [0.29, 0.717) is 5.82 Å². The molecule has 1 atom stereocenters. The summed E-state index contributed by atoms with van der Waals surface area (Å²) >= 11 is 5.90. The zero-order valence-corrected chi connectivity index (χ0v) is 11.0. The molecular weight excluding hydrogens is 246 g/mol. The molecule has 4 heteroatoms. The molecule has 0 bridgehead atoms. The van der Waals surface area contributed by atoms with Crippen molar-refractivity contribution in [2.45, 2.75) is 12.5 Å². The van der Waals surface area contributed by atoms with Gasteiger partial charge >= 0.3 is 0 Å². The number of benzene rings is 1. The first-order valence-electron chi connectivity index (χ1n) is 5.82. The van der Waals surface area contributed by atoms with Gasteiger partial charge in [0, 0.05) is 17.3 Å². The van der Waals surface area contributed by atoms with Gasteiger partial charge in [0.1, 0.15) is 5.82 Å². The van der Waals surface area contributed by atoms with Gasteiger partial charge in [0.2, 0.25) is 0 Å². The second kappa shape index (κ2) is 5.85. The zero-order valence-electron chi connectivity index (χ0n) is 10.2. The summed E-state index contributed by atoms with van der Waals surface area (Å²) < 4.78 is 0. The van der Waals surface area contributed by atoms with Gasteiger partial charge in [0.05, 0.1) is 0 Å². The van der Waals surface area contributed by atoms with Crippen LogP contribution in [-0.2, 0) is 6.42 Å². The molecule has 0 fully saturated rings. The van der Waals surface area contributed by atoms with Crippen molar-refractivity contribution in [2.24, 2.45) is 0 Å². The van der Waals surface area contributed by atoms with Crippen molar-refractivity contribution >= 4 is 17.4 Å². The van der Waals surface area contributed by atoms with Crippen LogP contribution in [0.25, 0.3) is 0 Å². The van der Waals surface area contributed by atoms with Gasteiger partial charge in [-0.15, -0.1) is 0 Å². The lowest BCUT2D eigenvalue weighted by Crippen LogP contribution is -2.18. The number of rotatable bonds is 4. The predicted molar refractivity (Wildman–Crippen MR) is 75.6 cm³/mol. The monoisotopic (exact) mass is 261 g/mol. The summed E-state index contributed by atoms with van der Waals surface area (Å²) in [7, 11) is 1.95. The third kappa shape index (κ3) is 3.22. The first-order chi connectivity index (χ1) is 8.69. The van der Waals surface area contributed by atoms with Crippen LogP contribution in [0.2, 0.25) is 5.02 Å². The molecular formula is C14H16ClN3. The molecule has 94 valence electrons. The van der Waals surface area contributed by atoms with E-state index < -0.39 is 0 Å². The van der Waals surface area contributed by atoms with Crippen LogP contribution in [0.4, 0.5) is 5.82 Å². The van der Waals surface area contributed by atoms with Gasteiger partial charge < -0.3 is 11.1 Å². The number of anilines is 1. The Labute approximate surface area is 112 Å². The van der Waals surface area contributed by atoms with E-state index in [0.717, 1.165) is 17.0 Å². The van der Waals surface area contributed by atoms with E-state index in [9.17, 15) is 0 Å². The normalized spacial score (nSPS) is 12.3. The number of nitrogens with one attached hydrogen (secondary N) is 1. The molecule has 2 aromatic rings. The predicted octanol–water partition coefficient (Wildman–Crippen LogP) is 2.82. The quantitative estimate of drug-likeness (QED) is 0.890. The topological polar surface area (TPSA) is 50.9 Å². The minimum atomic E-state index is 0.240. The van der Waals surface area contributed by atoms with E-state index in [2.05, 4.69) is 10.3 Å². The molecule has 0 saturated heterocycles. The third-order valence-electron chi connectivity index (χ3n) is 2.91. The first kappa shape index (κ1) is 12.9. The van der Waals surface area contributed by atoms with Crippen LogP contribution in [0.5, 0.6) is 0 Å². The molecule has 0 aliphatic rings. The van der Waals surface area contributed by atoms with Gasteiger partial charge in [0.15, 0.2) is 0 Å². The van der Waals surface area contributed by atoms with E-state index in [-0.39, 0.29) is 6.04 Å². The maximum Gasteiger partial charge on any atom is 0.123 e. The van der Waals surface area contributed by atoms with Crippen molar-refractivity contribution < 1.29 is 0 Å². The van der Waals surface area contributed by atoms with Crippen molar-refractivity contribution in [3.63, 3.8) is 0 Å². The van der Waals surface area contributed by atoms with Crippen molar-refractivity contribution in [3.05, 3.63) is 58.7 Å². The Balaban J connectivity index is 2.17. The van der Waals surface area contributed by atoms with Gasteiger partial charge in [-0.3, -0.25) is 0 Å². The molecule has 0 aliphatic heterocycles. The van der Waals surface area contributed by atoms with E-state index in [4.69, 9.17) is 17.3 Å². The fourth-order valence-corrected chi connectivity index (χ4v) is 2.06. The van der Waals surface area contributed by atoms with Crippen molar-refractivity contribution in [3.8, 4) is 0 Å². The summed E-state index contributed by atoms with van der Waals surface area (Å²) in [5.41, 5.74) is 8.05. The molecule has 1 aromatic heterocycles. The van der Waals surface area contributed by atoms with Crippen LogP contribution in [0, 0.1) is 0 Å². The molecule has 1 heterocycles. The molecule has 3 nitrogen and oxygen atoms in total. The molecule has 1 aromatic carbocycles. The summed E-state index contributed by atoms with van der Waals surface area (Å²) in [6.45, 7) is 0. The van der Waals surface area contributed by atoms with E-state index in [1.165, 1.54) is 5.56 Å². The van der Waals surface area contributed by atoms with Crippen molar-refractivity contribution in [1.82, 2.24) is 10.3 Å². The molecule has 0 aliphatic carbocycles. The van der Waals surface area contributed by atoms with Gasteiger partial charge in [0.25, 0.3) is 0 Å². The lowest BCUT2D eigenvalue weighted by molar-refractivity contribution is 0.592. The zero-order chi connectivity index (χ0) is 13.0. The number of hydrogen-bond acceptors (Lipinski definition) is 3. The van der Waals surface area contributed by atoms with Gasteiger partial charge in [-0.25, -0.2) is 4.98 Å². The van der Waals surface area contributed by atoms with Crippen LogP contribution >= 0.6 is 11.6 Å². The summed E-state index contributed by atoms with van der Waals surface area (Å²) in [6.07, 6.45) is 2.60. The fourth-order valence-electron chi connectivity index (χ4n) is 1.94. The van der Waals surface area contributed by atoms with E-state index in [1.807, 2.05) is 43.4 Å². The van der Waals surface area contributed by atoms with Crippen molar-refractivity contribution in [1.29, 1.82) is 0 Å². The Kier molecular flexibility index (Phi) is 4.18. The number of nitrogen functional groups attached to an aromatic ring is 1. The number of likely N-dealkylation sites (N-methyl/N-ethyl adjacent to an activating group) is 1. The first-order valence-corrected chi connectivity index (χ1v) is 6.20. The molecule has 3 N–H and O–H groups in total. The molecule has 0 radical (unpaired) electrons. The number of nitrogens with zero attached hydrogens (tertiary/aromatic N) is 1. The second-order valence-corrected chi connectivity index (χ2v) is 4.62. The smallest absolute Gasteiger partial charge is 0.123 e. The summed E-state index contributed by atoms with van der Waals surface area (Å²) in [5, 5.41) is 4.05. The van der Waals surface area contributed by atoms with Crippen LogP contribution in [0.1, 0.15) is 17.2 Å². The Morgan fingerprint density at radius 3 is 2.61 bits per heavy atom. The van der Waals surface area contributed by atoms with Gasteiger partial charge in [-0.2, -0.15) is 0 Å². The van der Waals surface area contributed by atoms with Crippen LogP contribution in [0.15, 0.2) is 42.6 Å². The maximum absolute atomic E-state index is 5.90. The second-order valence-electron chi connectivity index (χ2n) is 4.19. The van der Waals surface area contributed by atoms with E-state index >= 15 is 0 Å². The lowest BCUT2D eigenvalue weighted by atomic mass is 9.99. The van der Waals surface area contributed by atoms with Crippen LogP contribution in [0.3, 0.4) is 0 Å². The summed E-state index contributed by atoms with van der Waals surface area (Å²) in [5.74, 6) is 0.554. The van der Waals surface area contributed by atoms with Gasteiger partial charge in [-0.1, -0.05) is 23.7 Å². The number of nitrogens with two attached hydrogens (primary N) is 1. The molecule has 0 amide bonds. The highest BCUT2D eigenvalue weighted by atomic mass is 35.5. The highest BCUT2D eigenvalue weighted by Gasteiger charge is 2.10. The minimum Gasteiger partial charge on any atom is -0.384 e. The lowest BCUT2D eigenvalue weighted by Gasteiger charge is -2.17. The van der Waals surface area contributed by atoms with E-state index in [1.54, 1.807) is 6.20 Å². The number of pyridine rings is 1. The Morgan fingerprint density at radius 2 is 2.00 bits per heavy atom. The average molecular weight is 262 g/mol. The van der Waals surface area contributed by atoms with Crippen LogP contribution < -0.4 is 11.1 Å². The SMILES string of the molecule is CNC(Cc1ccnc(N)c1)c1ccc(Cl)cc1. The molecule has 0 spiro atoms. The highest BCUT2D eigenvalue weighted by molar-refractivity contribution is 6.30. The molecule has 18 heavy (non-hydrogen) atoms. The number of hydrogen-bond donors (Lipinski definition) is 2. The highest BCUT2D eigenvalue weighted by Crippen LogP contribution is 2.20. The minimum absolute atomic E-state index is 0.240. The third-order valence-corrected chi connectivity index (χ3v) is 3.16. The Bertz CT molecular complexity index is 511. The number of halogens is 1. The molecule has 0 saturated carbocycles. The Morgan fingerprint density at radius 1 is 1.28 bits per heavy atom. The summed E-state index contributed by atoms with van der Waals surface area (Å²) in [6, 6.07) is 12.0. The largest absolute Gasteiger partial charge is 0.384 e. The molecule has 2 rings (SSSR count). The average Bonchev–Trinajstić information content (AvgIpc) is 2.37. The fraction of sp³-hybridized carbons (Fsp3) is 0.214. The maximum atomic E-state index is 5.90. The van der Waals surface area contributed by atoms with Gasteiger partial charge in [-0.05, 0) is 48.9 Å². The molecule has 1 unspecified atom stereocenters.